The molecule has 9 nitrogen and oxygen atoms in total. The molecule has 0 aliphatic carbocycles. The Hall–Kier alpha value is -3.17. The van der Waals surface area contributed by atoms with Crippen LogP contribution in [0.5, 0.6) is 5.75 Å². The van der Waals surface area contributed by atoms with Crippen molar-refractivity contribution >= 4 is 6.47 Å². The van der Waals surface area contributed by atoms with Crippen LogP contribution in [0.2, 0.25) is 0 Å². The van der Waals surface area contributed by atoms with Gasteiger partial charge in [-0.1, -0.05) is 0 Å². The number of carboxylic acid groups (broad SMARTS) is 1. The first-order valence-electron chi connectivity index (χ1n) is 10.7. The van der Waals surface area contributed by atoms with Gasteiger partial charge in [-0.2, -0.15) is 5.10 Å². The summed E-state index contributed by atoms with van der Waals surface area (Å²) in [4.78, 5) is 15.5. The lowest BCUT2D eigenvalue weighted by atomic mass is 10.1. The summed E-state index contributed by atoms with van der Waals surface area (Å²) in [5.74, 6) is 1.80. The van der Waals surface area contributed by atoms with Crippen molar-refractivity contribution in [2.75, 3.05) is 26.8 Å². The van der Waals surface area contributed by atoms with Crippen molar-refractivity contribution in [2.45, 2.75) is 39.8 Å². The van der Waals surface area contributed by atoms with Gasteiger partial charge >= 0.3 is 0 Å². The smallest absolute Gasteiger partial charge is 0.290 e. The topological polar surface area (TPSA) is 106 Å². The van der Waals surface area contributed by atoms with Crippen LogP contribution in [-0.4, -0.2) is 67.7 Å². The Morgan fingerprint density at radius 2 is 1.94 bits per heavy atom. The molecular weight excluding hydrogens is 410 g/mol. The van der Waals surface area contributed by atoms with Gasteiger partial charge in [0, 0.05) is 30.1 Å². The minimum absolute atomic E-state index is 0.0660. The van der Waals surface area contributed by atoms with Gasteiger partial charge in [0.1, 0.15) is 11.6 Å². The monoisotopic (exact) mass is 441 g/mol. The van der Waals surface area contributed by atoms with Gasteiger partial charge in [-0.25, -0.2) is 4.98 Å². The predicted octanol–water partition coefficient (Wildman–Crippen LogP) is 2.65. The summed E-state index contributed by atoms with van der Waals surface area (Å²) in [5.41, 5.74) is 5.19. The van der Waals surface area contributed by atoms with E-state index < -0.39 is 0 Å². The summed E-state index contributed by atoms with van der Waals surface area (Å²) < 4.78 is 9.56. The Bertz CT molecular complexity index is 1040. The Morgan fingerprint density at radius 1 is 1.22 bits per heavy atom. The van der Waals surface area contributed by atoms with Crippen molar-refractivity contribution in [1.29, 1.82) is 0 Å². The Labute approximate surface area is 187 Å². The van der Waals surface area contributed by atoms with Gasteiger partial charge in [0.25, 0.3) is 6.47 Å². The SMILES string of the molecule is COc1ccc(-c2nccn2-c2c(C)nn(CCO)c2C)cc1CN1CCCC1.O=CO. The fourth-order valence-electron chi connectivity index (χ4n) is 4.27. The number of carbonyl (C=O) groups is 1. The first-order valence-corrected chi connectivity index (χ1v) is 10.7. The van der Waals surface area contributed by atoms with Crippen molar-refractivity contribution in [3.8, 4) is 22.8 Å². The van der Waals surface area contributed by atoms with E-state index in [0.29, 0.717) is 6.54 Å². The maximum Gasteiger partial charge on any atom is 0.290 e. The molecule has 1 fully saturated rings. The minimum atomic E-state index is -0.250. The number of hydrogen-bond acceptors (Lipinski definition) is 6. The lowest BCUT2D eigenvalue weighted by molar-refractivity contribution is -0.122. The van der Waals surface area contributed by atoms with Crippen LogP contribution in [0.25, 0.3) is 17.1 Å². The summed E-state index contributed by atoms with van der Waals surface area (Å²) in [6, 6.07) is 6.29. The van der Waals surface area contributed by atoms with Crippen LogP contribution in [0.1, 0.15) is 29.8 Å². The van der Waals surface area contributed by atoms with Gasteiger partial charge in [-0.3, -0.25) is 18.9 Å². The molecule has 2 N–H and O–H groups in total. The van der Waals surface area contributed by atoms with Gasteiger partial charge in [-0.05, 0) is 58.0 Å². The number of rotatable bonds is 7. The molecule has 1 aliphatic rings. The van der Waals surface area contributed by atoms with Crippen LogP contribution in [0.4, 0.5) is 0 Å². The molecule has 0 amide bonds. The van der Waals surface area contributed by atoms with Crippen molar-refractivity contribution in [1.82, 2.24) is 24.2 Å². The molecule has 4 rings (SSSR count). The number of aliphatic hydroxyl groups excluding tert-OH is 1. The average Bonchev–Trinajstić information content (AvgIpc) is 3.51. The molecule has 0 bridgehead atoms. The first kappa shape index (κ1) is 23.5. The maximum atomic E-state index is 9.31. The molecule has 0 saturated carbocycles. The number of ether oxygens (including phenoxy) is 1. The van der Waals surface area contributed by atoms with E-state index in [1.807, 2.05) is 37.0 Å². The van der Waals surface area contributed by atoms with Crippen molar-refractivity contribution in [2.24, 2.45) is 0 Å². The van der Waals surface area contributed by atoms with Crippen LogP contribution in [-0.2, 0) is 17.9 Å². The summed E-state index contributed by atoms with van der Waals surface area (Å²) >= 11 is 0. The Morgan fingerprint density at radius 3 is 2.59 bits per heavy atom. The van der Waals surface area contributed by atoms with Crippen molar-refractivity contribution in [3.63, 3.8) is 0 Å². The standard InChI is InChI=1S/C22H29N5O2.CH2O2/c1-16-21(17(2)27(24-16)12-13-28)26-11-8-23-22(26)18-6-7-20(29-3)19(14-18)15-25-9-4-5-10-25;2-1-3/h6-8,11,14,28H,4-5,9-10,12-13,15H2,1-3H3;1H,(H,2,3). The molecule has 32 heavy (non-hydrogen) atoms. The Kier molecular flexibility index (Phi) is 8.02. The zero-order valence-electron chi connectivity index (χ0n) is 18.9. The maximum absolute atomic E-state index is 9.31. The van der Waals surface area contributed by atoms with Gasteiger partial charge < -0.3 is 14.9 Å². The van der Waals surface area contributed by atoms with E-state index in [0.717, 1.165) is 53.8 Å². The molecule has 1 saturated heterocycles. The number of imidazole rings is 1. The lowest BCUT2D eigenvalue weighted by Crippen LogP contribution is -2.18. The van der Waals surface area contributed by atoms with E-state index in [9.17, 15) is 5.11 Å². The van der Waals surface area contributed by atoms with E-state index in [2.05, 4.69) is 31.7 Å². The summed E-state index contributed by atoms with van der Waals surface area (Å²) in [6.07, 6.45) is 6.33. The molecule has 3 aromatic rings. The van der Waals surface area contributed by atoms with E-state index in [1.165, 1.54) is 18.4 Å². The number of benzene rings is 1. The number of hydrogen-bond donors (Lipinski definition) is 2. The second-order valence-electron chi connectivity index (χ2n) is 7.70. The summed E-state index contributed by atoms with van der Waals surface area (Å²) in [6.45, 7) is 7.50. The highest BCUT2D eigenvalue weighted by Crippen LogP contribution is 2.30. The zero-order valence-corrected chi connectivity index (χ0v) is 18.9. The molecule has 1 aliphatic heterocycles. The van der Waals surface area contributed by atoms with Crippen LogP contribution in [0.3, 0.4) is 0 Å². The summed E-state index contributed by atoms with van der Waals surface area (Å²) in [7, 11) is 1.73. The molecule has 1 aromatic carbocycles. The molecule has 9 heteroatoms. The minimum Gasteiger partial charge on any atom is -0.496 e. The highest BCUT2D eigenvalue weighted by molar-refractivity contribution is 5.63. The molecule has 0 atom stereocenters. The second-order valence-corrected chi connectivity index (χ2v) is 7.70. The molecule has 0 spiro atoms. The van der Waals surface area contributed by atoms with E-state index in [-0.39, 0.29) is 13.1 Å². The predicted molar refractivity (Wildman–Crippen MR) is 121 cm³/mol. The molecular formula is C23H31N5O4. The quantitative estimate of drug-likeness (QED) is 0.543. The average molecular weight is 442 g/mol. The summed E-state index contributed by atoms with van der Waals surface area (Å²) in [5, 5.41) is 20.8. The largest absolute Gasteiger partial charge is 0.496 e. The van der Waals surface area contributed by atoms with E-state index in [1.54, 1.807) is 7.11 Å². The van der Waals surface area contributed by atoms with Gasteiger partial charge in [-0.15, -0.1) is 0 Å². The van der Waals surface area contributed by atoms with E-state index >= 15 is 0 Å². The van der Waals surface area contributed by atoms with Gasteiger partial charge in [0.15, 0.2) is 0 Å². The van der Waals surface area contributed by atoms with Crippen LogP contribution in [0, 0.1) is 13.8 Å². The van der Waals surface area contributed by atoms with E-state index in [4.69, 9.17) is 14.6 Å². The molecule has 0 unspecified atom stereocenters. The lowest BCUT2D eigenvalue weighted by Gasteiger charge is -2.18. The molecule has 0 radical (unpaired) electrons. The van der Waals surface area contributed by atoms with Crippen LogP contribution >= 0.6 is 0 Å². The molecule has 3 heterocycles. The Balaban J connectivity index is 0.000000913. The van der Waals surface area contributed by atoms with Crippen molar-refractivity contribution in [3.05, 3.63) is 47.5 Å². The molecule has 2 aromatic heterocycles. The third-order valence-electron chi connectivity index (χ3n) is 5.67. The van der Waals surface area contributed by atoms with Gasteiger partial charge in [0.05, 0.1) is 37.3 Å². The first-order chi connectivity index (χ1) is 15.5. The number of aromatic nitrogens is 4. The highest BCUT2D eigenvalue weighted by atomic mass is 16.5. The fraction of sp³-hybridized carbons (Fsp3) is 0.435. The van der Waals surface area contributed by atoms with Crippen LogP contribution in [0.15, 0.2) is 30.6 Å². The number of nitrogens with zero attached hydrogens (tertiary/aromatic N) is 5. The third-order valence-corrected chi connectivity index (χ3v) is 5.67. The van der Waals surface area contributed by atoms with Crippen molar-refractivity contribution < 1.29 is 19.7 Å². The fourth-order valence-corrected chi connectivity index (χ4v) is 4.27. The number of methoxy groups -OCH3 is 1. The molecule has 172 valence electrons. The third kappa shape index (κ3) is 5.00. The number of aliphatic hydroxyl groups is 1. The highest BCUT2D eigenvalue weighted by Gasteiger charge is 2.19. The second kappa shape index (κ2) is 10.9. The van der Waals surface area contributed by atoms with Crippen LogP contribution < -0.4 is 4.74 Å². The number of aryl methyl sites for hydroxylation is 1. The zero-order chi connectivity index (χ0) is 23.1. The number of likely N-dealkylation sites (tertiary alicyclic amines) is 1. The normalized spacial score (nSPS) is 13.6. The van der Waals surface area contributed by atoms with Gasteiger partial charge in [0.2, 0.25) is 0 Å².